The molecule has 0 unspecified atom stereocenters. The summed E-state index contributed by atoms with van der Waals surface area (Å²) >= 11 is 0. The topological polar surface area (TPSA) is 75.7 Å². The summed E-state index contributed by atoms with van der Waals surface area (Å²) < 4.78 is 33.1. The van der Waals surface area contributed by atoms with E-state index in [0.29, 0.717) is 18.0 Å². The smallest absolute Gasteiger partial charge is 0.264 e. The number of nitrogens with zero attached hydrogens (tertiary/aromatic N) is 1. The number of hydrogen-bond acceptors (Lipinski definition) is 4. The van der Waals surface area contributed by atoms with E-state index in [1.165, 1.54) is 12.1 Å². The molecule has 0 aliphatic heterocycles. The Morgan fingerprint density at radius 1 is 0.900 bits per heavy atom. The molecule has 7 heteroatoms. The fourth-order valence-corrected chi connectivity index (χ4v) is 4.40. The van der Waals surface area contributed by atoms with Crippen molar-refractivity contribution >= 4 is 21.6 Å². The normalized spacial score (nSPS) is 11.0. The molecule has 3 aromatic carbocycles. The first kappa shape index (κ1) is 21.4. The zero-order valence-corrected chi connectivity index (χ0v) is 17.5. The van der Waals surface area contributed by atoms with Gasteiger partial charge in [0.05, 0.1) is 17.2 Å². The number of carbonyl (C=O) groups excluding carboxylic acids is 1. The quantitative estimate of drug-likeness (QED) is 0.570. The van der Waals surface area contributed by atoms with Gasteiger partial charge in [0.2, 0.25) is 5.91 Å². The van der Waals surface area contributed by atoms with Gasteiger partial charge in [-0.1, -0.05) is 54.6 Å². The Hall–Kier alpha value is -3.32. The zero-order valence-electron chi connectivity index (χ0n) is 16.7. The Kier molecular flexibility index (Phi) is 7.08. The summed E-state index contributed by atoms with van der Waals surface area (Å²) in [6, 6.07) is 24.1. The second-order valence-electron chi connectivity index (χ2n) is 6.48. The van der Waals surface area contributed by atoms with Crippen LogP contribution in [0.2, 0.25) is 0 Å². The molecule has 0 heterocycles. The van der Waals surface area contributed by atoms with Crippen LogP contribution in [0.5, 0.6) is 5.75 Å². The maximum absolute atomic E-state index is 13.2. The number of sulfonamides is 1. The molecule has 6 nitrogen and oxygen atoms in total. The number of nitrogens with one attached hydrogen (secondary N) is 1. The van der Waals surface area contributed by atoms with Gasteiger partial charge in [-0.2, -0.15) is 0 Å². The lowest BCUT2D eigenvalue weighted by Gasteiger charge is -2.24. The highest BCUT2D eigenvalue weighted by Gasteiger charge is 2.26. The van der Waals surface area contributed by atoms with Crippen molar-refractivity contribution in [1.29, 1.82) is 0 Å². The summed E-state index contributed by atoms with van der Waals surface area (Å²) in [5.74, 6) is 0.279. The molecule has 3 aromatic rings. The van der Waals surface area contributed by atoms with Crippen molar-refractivity contribution in [2.45, 2.75) is 18.4 Å². The van der Waals surface area contributed by atoms with Gasteiger partial charge >= 0.3 is 0 Å². The van der Waals surface area contributed by atoms with Crippen LogP contribution in [0.25, 0.3) is 0 Å². The van der Waals surface area contributed by atoms with E-state index < -0.39 is 15.9 Å². The van der Waals surface area contributed by atoms with Crippen LogP contribution in [0, 0.1) is 0 Å². The van der Waals surface area contributed by atoms with Crippen LogP contribution in [0.15, 0.2) is 89.8 Å². The SMILES string of the molecule is CCOc1ccccc1CNC(=O)CN(c1ccccc1)S(=O)(=O)c1ccccc1. The molecule has 0 radical (unpaired) electrons. The predicted octanol–water partition coefficient (Wildman–Crippen LogP) is 3.60. The Balaban J connectivity index is 1.80. The molecule has 0 saturated heterocycles. The van der Waals surface area contributed by atoms with Crippen molar-refractivity contribution in [3.05, 3.63) is 90.5 Å². The molecule has 0 aromatic heterocycles. The standard InChI is InChI=1S/C23H24N2O4S/c1-2-29-22-16-10-9-11-19(22)17-24-23(26)18-25(20-12-5-3-6-13-20)30(27,28)21-14-7-4-8-15-21/h3-16H,2,17-18H2,1H3,(H,24,26). The number of amides is 1. The van der Waals surface area contributed by atoms with Crippen LogP contribution in [-0.4, -0.2) is 27.5 Å². The summed E-state index contributed by atoms with van der Waals surface area (Å²) in [6.45, 7) is 2.31. The second-order valence-corrected chi connectivity index (χ2v) is 8.34. The van der Waals surface area contributed by atoms with Gasteiger partial charge < -0.3 is 10.1 Å². The number of rotatable bonds is 9. The molecule has 0 fully saturated rings. The first-order valence-corrected chi connectivity index (χ1v) is 11.1. The highest BCUT2D eigenvalue weighted by molar-refractivity contribution is 7.92. The first-order valence-electron chi connectivity index (χ1n) is 9.62. The minimum absolute atomic E-state index is 0.128. The van der Waals surface area contributed by atoms with Gasteiger partial charge in [-0.05, 0) is 37.3 Å². The minimum Gasteiger partial charge on any atom is -0.494 e. The molecule has 0 saturated carbocycles. The van der Waals surface area contributed by atoms with Gasteiger partial charge in [-0.3, -0.25) is 9.10 Å². The Morgan fingerprint density at radius 2 is 1.50 bits per heavy atom. The largest absolute Gasteiger partial charge is 0.494 e. The molecule has 0 bridgehead atoms. The molecule has 0 aliphatic carbocycles. The van der Waals surface area contributed by atoms with E-state index in [1.54, 1.807) is 48.5 Å². The zero-order chi connectivity index (χ0) is 21.4. The molecule has 0 aliphatic rings. The third-order valence-corrected chi connectivity index (χ3v) is 6.20. The van der Waals surface area contributed by atoms with Crippen molar-refractivity contribution in [2.24, 2.45) is 0 Å². The third-order valence-electron chi connectivity index (χ3n) is 4.41. The van der Waals surface area contributed by atoms with Crippen molar-refractivity contribution in [1.82, 2.24) is 5.32 Å². The number of hydrogen-bond donors (Lipinski definition) is 1. The maximum atomic E-state index is 13.2. The lowest BCUT2D eigenvalue weighted by atomic mass is 10.2. The van der Waals surface area contributed by atoms with E-state index in [9.17, 15) is 13.2 Å². The molecule has 0 atom stereocenters. The van der Waals surface area contributed by atoms with Crippen molar-refractivity contribution in [2.75, 3.05) is 17.5 Å². The molecule has 0 spiro atoms. The van der Waals surface area contributed by atoms with Crippen molar-refractivity contribution in [3.63, 3.8) is 0 Å². The molecule has 1 amide bonds. The number of ether oxygens (including phenoxy) is 1. The van der Waals surface area contributed by atoms with Crippen LogP contribution < -0.4 is 14.4 Å². The number of carbonyl (C=O) groups is 1. The fraction of sp³-hybridized carbons (Fsp3) is 0.174. The molecular formula is C23H24N2O4S. The highest BCUT2D eigenvalue weighted by Crippen LogP contribution is 2.23. The van der Waals surface area contributed by atoms with Gasteiger partial charge in [0.25, 0.3) is 10.0 Å². The Morgan fingerprint density at radius 3 is 2.17 bits per heavy atom. The summed E-state index contributed by atoms with van der Waals surface area (Å²) in [7, 11) is -3.90. The minimum atomic E-state index is -3.90. The van der Waals surface area contributed by atoms with Gasteiger partial charge in [-0.25, -0.2) is 8.42 Å². The number of para-hydroxylation sites is 2. The lowest BCUT2D eigenvalue weighted by molar-refractivity contribution is -0.119. The van der Waals surface area contributed by atoms with E-state index in [-0.39, 0.29) is 18.0 Å². The Labute approximate surface area is 177 Å². The fourth-order valence-electron chi connectivity index (χ4n) is 2.96. The van der Waals surface area contributed by atoms with Crippen LogP contribution in [0.4, 0.5) is 5.69 Å². The van der Waals surface area contributed by atoms with Crippen LogP contribution in [0.3, 0.4) is 0 Å². The Bertz CT molecular complexity index is 1070. The summed E-state index contributed by atoms with van der Waals surface area (Å²) in [6.07, 6.45) is 0. The number of benzene rings is 3. The van der Waals surface area contributed by atoms with Crippen molar-refractivity contribution in [3.8, 4) is 5.75 Å². The highest BCUT2D eigenvalue weighted by atomic mass is 32.2. The van der Waals surface area contributed by atoms with Crippen molar-refractivity contribution < 1.29 is 17.9 Å². The van der Waals surface area contributed by atoms with Gasteiger partial charge in [-0.15, -0.1) is 0 Å². The molecule has 156 valence electrons. The number of anilines is 1. The summed E-state index contributed by atoms with van der Waals surface area (Å²) in [5.41, 5.74) is 1.25. The van der Waals surface area contributed by atoms with Crippen LogP contribution >= 0.6 is 0 Å². The average molecular weight is 425 g/mol. The van der Waals surface area contributed by atoms with E-state index in [4.69, 9.17) is 4.74 Å². The lowest BCUT2D eigenvalue weighted by Crippen LogP contribution is -2.40. The van der Waals surface area contributed by atoms with Gasteiger partial charge in [0.1, 0.15) is 12.3 Å². The van der Waals surface area contributed by atoms with Crippen LogP contribution in [0.1, 0.15) is 12.5 Å². The van der Waals surface area contributed by atoms with Gasteiger partial charge in [0, 0.05) is 12.1 Å². The second kappa shape index (κ2) is 9.93. The monoisotopic (exact) mass is 424 g/mol. The van der Waals surface area contributed by atoms with E-state index >= 15 is 0 Å². The van der Waals surface area contributed by atoms with Crippen LogP contribution in [-0.2, 0) is 21.4 Å². The molecular weight excluding hydrogens is 400 g/mol. The van der Waals surface area contributed by atoms with E-state index in [1.807, 2.05) is 31.2 Å². The maximum Gasteiger partial charge on any atom is 0.264 e. The molecule has 1 N–H and O–H groups in total. The van der Waals surface area contributed by atoms with Gasteiger partial charge in [0.15, 0.2) is 0 Å². The first-order chi connectivity index (χ1) is 14.5. The average Bonchev–Trinajstić information content (AvgIpc) is 2.78. The van der Waals surface area contributed by atoms with E-state index in [2.05, 4.69) is 5.32 Å². The van der Waals surface area contributed by atoms with E-state index in [0.717, 1.165) is 9.87 Å². The predicted molar refractivity (Wildman–Crippen MR) is 117 cm³/mol. The summed E-state index contributed by atoms with van der Waals surface area (Å²) in [5, 5.41) is 2.80. The summed E-state index contributed by atoms with van der Waals surface area (Å²) in [4.78, 5) is 12.8. The molecule has 30 heavy (non-hydrogen) atoms. The third kappa shape index (κ3) is 5.18. The molecule has 3 rings (SSSR count).